The smallest absolute Gasteiger partial charge is 0.375 e. The average Bonchev–Trinajstić information content (AvgIpc) is 2.21. The van der Waals surface area contributed by atoms with Crippen LogP contribution in [0.3, 0.4) is 0 Å². The third-order valence-corrected chi connectivity index (χ3v) is 3.41. The van der Waals surface area contributed by atoms with Gasteiger partial charge >= 0.3 is 23.1 Å². The molecule has 0 rings (SSSR count). The van der Waals surface area contributed by atoms with Crippen molar-refractivity contribution in [2.45, 2.75) is 47.2 Å². The van der Waals surface area contributed by atoms with Crippen LogP contribution >= 0.6 is 23.2 Å². The van der Waals surface area contributed by atoms with E-state index < -0.39 is 52.9 Å². The molecule has 0 aliphatic carbocycles. The van der Waals surface area contributed by atoms with Crippen molar-refractivity contribution in [3.8, 4) is 0 Å². The fraction of sp³-hybridized carbons (Fsp3) is 0.889. The molecule has 0 spiro atoms. The Morgan fingerprint density at radius 3 is 1.00 bits per heavy atom. The van der Waals surface area contributed by atoms with E-state index in [1.165, 1.54) is 0 Å². The molecule has 0 saturated carbocycles. The van der Waals surface area contributed by atoms with E-state index in [1.54, 1.807) is 0 Å². The van der Waals surface area contributed by atoms with Crippen molar-refractivity contribution in [2.75, 3.05) is 0 Å². The first-order valence-electron chi connectivity index (χ1n) is 5.33. The zero-order valence-electron chi connectivity index (χ0n) is 10.8. The number of ketones is 1. The predicted molar refractivity (Wildman–Crippen MR) is 57.9 cm³/mol. The maximum Gasteiger partial charge on any atom is 0.425 e. The maximum absolute atomic E-state index is 12.7. The summed E-state index contributed by atoms with van der Waals surface area (Å²) in [5.41, 5.74) is -10.7. The van der Waals surface area contributed by atoms with Crippen LogP contribution in [0, 0.1) is 0 Å². The number of rotatable bonds is 6. The maximum atomic E-state index is 12.7. The quantitative estimate of drug-likeness (QED) is 0.508. The molecular weight excluding hydrogens is 417 g/mol. The first-order chi connectivity index (χ1) is 10.1. The summed E-state index contributed by atoms with van der Waals surface area (Å²) in [6.45, 7) is 0. The van der Waals surface area contributed by atoms with Gasteiger partial charge in [0.15, 0.2) is 0 Å². The van der Waals surface area contributed by atoms with E-state index in [0.29, 0.717) is 0 Å². The van der Waals surface area contributed by atoms with Crippen LogP contribution in [-0.2, 0) is 4.79 Å². The minimum absolute atomic E-state index is 2.66. The third kappa shape index (κ3) is 4.35. The van der Waals surface area contributed by atoms with Crippen LogP contribution in [-0.4, -0.2) is 50.3 Å². The van der Waals surface area contributed by atoms with Crippen molar-refractivity contribution in [2.24, 2.45) is 0 Å². The van der Waals surface area contributed by atoms with Crippen molar-refractivity contribution < 1.29 is 58.9 Å². The van der Waals surface area contributed by atoms with Gasteiger partial charge in [-0.2, -0.15) is 43.9 Å². The van der Waals surface area contributed by atoms with Crippen molar-refractivity contribution in [3.05, 3.63) is 0 Å². The lowest BCUT2D eigenvalue weighted by atomic mass is 9.89. The lowest BCUT2D eigenvalue weighted by Gasteiger charge is -2.36. The number of alkyl halides is 12. The van der Waals surface area contributed by atoms with E-state index in [1.807, 2.05) is 0 Å². The normalized spacial score (nSPS) is 19.6. The summed E-state index contributed by atoms with van der Waals surface area (Å²) in [6.07, 6.45) is -18.3. The molecule has 0 amide bonds. The molecular formula is C9H6Cl2F10O3. The fourth-order valence-corrected chi connectivity index (χ4v) is 1.70. The molecule has 0 aromatic carbocycles. The van der Waals surface area contributed by atoms with Gasteiger partial charge in [-0.05, 0) is 23.2 Å². The average molecular weight is 423 g/mol. The molecule has 0 aliphatic rings. The van der Waals surface area contributed by atoms with E-state index in [0.717, 1.165) is 0 Å². The largest absolute Gasteiger partial charge is 0.425 e. The number of hydrogen-bond donors (Lipinski definition) is 2. The molecule has 2 atom stereocenters. The van der Waals surface area contributed by atoms with Gasteiger partial charge in [0.05, 0.1) is 12.8 Å². The Bertz CT molecular complexity index is 406. The molecule has 24 heavy (non-hydrogen) atoms. The number of aliphatic hydroxyl groups is 2. The van der Waals surface area contributed by atoms with Crippen molar-refractivity contribution >= 4 is 29.0 Å². The zero-order valence-corrected chi connectivity index (χ0v) is 12.3. The Balaban J connectivity index is 5.74. The molecule has 2 N–H and O–H groups in total. The Kier molecular flexibility index (Phi) is 6.18. The Morgan fingerprint density at radius 2 is 0.875 bits per heavy atom. The highest BCUT2D eigenvalue weighted by atomic mass is 35.5. The van der Waals surface area contributed by atoms with E-state index >= 15 is 0 Å². The number of carbonyl (C=O) groups excluding carboxylic acids is 1. The van der Waals surface area contributed by atoms with Crippen LogP contribution in [0.4, 0.5) is 43.9 Å². The predicted octanol–water partition coefficient (Wildman–Crippen LogP) is 3.59. The lowest BCUT2D eigenvalue weighted by molar-refractivity contribution is -0.316. The summed E-state index contributed by atoms with van der Waals surface area (Å²) in [7, 11) is 0. The SMILES string of the molecule is O=C(C[C@@](O)(C(F)(F)F)C(F)(F)Cl)C[C@](O)(C(F)(F)F)C(F)(F)Cl. The molecule has 0 saturated heterocycles. The molecule has 0 radical (unpaired) electrons. The number of carbonyl (C=O) groups is 1. The molecule has 144 valence electrons. The van der Waals surface area contributed by atoms with Gasteiger partial charge in [0.1, 0.15) is 5.78 Å². The topological polar surface area (TPSA) is 57.5 Å². The highest BCUT2D eigenvalue weighted by molar-refractivity contribution is 6.23. The Labute approximate surface area is 136 Å². The van der Waals surface area contributed by atoms with Crippen molar-refractivity contribution in [1.82, 2.24) is 0 Å². The van der Waals surface area contributed by atoms with Gasteiger partial charge in [-0.15, -0.1) is 0 Å². The van der Waals surface area contributed by atoms with Crippen LogP contribution in [0.5, 0.6) is 0 Å². The highest BCUT2D eigenvalue weighted by Gasteiger charge is 2.72. The monoisotopic (exact) mass is 422 g/mol. The molecule has 0 unspecified atom stereocenters. The second-order valence-electron chi connectivity index (χ2n) is 4.60. The molecule has 0 aromatic rings. The van der Waals surface area contributed by atoms with E-state index in [4.69, 9.17) is 10.2 Å². The minimum atomic E-state index is -6.33. The second kappa shape index (κ2) is 6.32. The summed E-state index contributed by atoms with van der Waals surface area (Å²) in [5, 5.41) is 6.50. The van der Waals surface area contributed by atoms with E-state index in [-0.39, 0.29) is 0 Å². The Morgan fingerprint density at radius 1 is 0.667 bits per heavy atom. The van der Waals surface area contributed by atoms with Crippen LogP contribution in [0.15, 0.2) is 0 Å². The van der Waals surface area contributed by atoms with Gasteiger partial charge in [0, 0.05) is 0 Å². The van der Waals surface area contributed by atoms with Gasteiger partial charge < -0.3 is 10.2 Å². The summed E-state index contributed by atoms with van der Waals surface area (Å²) in [6, 6.07) is 0. The molecule has 0 aliphatic heterocycles. The minimum Gasteiger partial charge on any atom is -0.375 e. The molecule has 0 fully saturated rings. The van der Waals surface area contributed by atoms with E-state index in [2.05, 4.69) is 23.2 Å². The first-order valence-corrected chi connectivity index (χ1v) is 6.09. The van der Waals surface area contributed by atoms with Crippen molar-refractivity contribution in [1.29, 1.82) is 0 Å². The summed E-state index contributed by atoms with van der Waals surface area (Å²) < 4.78 is 125. The lowest BCUT2D eigenvalue weighted by Crippen LogP contribution is -2.60. The van der Waals surface area contributed by atoms with Gasteiger partial charge in [0.2, 0.25) is 11.2 Å². The van der Waals surface area contributed by atoms with Crippen molar-refractivity contribution in [3.63, 3.8) is 0 Å². The van der Waals surface area contributed by atoms with Gasteiger partial charge in [0.25, 0.3) is 0 Å². The summed E-state index contributed by atoms with van der Waals surface area (Å²) in [4.78, 5) is 11.2. The van der Waals surface area contributed by atoms with Gasteiger partial charge in [-0.3, -0.25) is 4.79 Å². The highest BCUT2D eigenvalue weighted by Crippen LogP contribution is 2.50. The van der Waals surface area contributed by atoms with Crippen LogP contribution in [0.2, 0.25) is 0 Å². The first kappa shape index (κ1) is 23.5. The molecule has 15 heteroatoms. The Hall–Kier alpha value is -0.530. The zero-order chi connectivity index (χ0) is 20.0. The van der Waals surface area contributed by atoms with Gasteiger partial charge in [-0.25, -0.2) is 0 Å². The summed E-state index contributed by atoms with van der Waals surface area (Å²) >= 11 is 8.01. The third-order valence-electron chi connectivity index (χ3n) is 2.78. The van der Waals surface area contributed by atoms with E-state index in [9.17, 15) is 48.7 Å². The van der Waals surface area contributed by atoms with Gasteiger partial charge in [-0.1, -0.05) is 0 Å². The number of halogens is 12. The molecule has 0 heterocycles. The molecule has 3 nitrogen and oxygen atoms in total. The van der Waals surface area contributed by atoms with Crippen LogP contribution in [0.1, 0.15) is 12.8 Å². The fourth-order valence-electron chi connectivity index (χ4n) is 1.36. The standard InChI is InChI=1S/C9H6Cl2F10O3/c10-6(12,13)4(23,8(16,17)18)1-3(22)2-5(24,7(11,14)15)9(19,20)21/h23-24H,1-2H2/t4-,5+. The number of Topliss-reactive ketones (excluding diaryl/α,β-unsaturated/α-hetero) is 1. The van der Waals surface area contributed by atoms with Crippen LogP contribution < -0.4 is 0 Å². The molecule has 0 aromatic heterocycles. The summed E-state index contributed by atoms with van der Waals surface area (Å²) in [5.74, 6) is -2.66. The molecule has 0 bridgehead atoms. The van der Waals surface area contributed by atoms with Crippen LogP contribution in [0.25, 0.3) is 0 Å². The second-order valence-corrected chi connectivity index (χ2v) is 5.55. The number of hydrogen-bond acceptors (Lipinski definition) is 3.